The predicted octanol–water partition coefficient (Wildman–Crippen LogP) is -3.40. The van der Waals surface area contributed by atoms with E-state index in [0.29, 0.717) is 23.1 Å². The smallest absolute Gasteiger partial charge is 0.243 e. The van der Waals surface area contributed by atoms with Gasteiger partial charge in [0.2, 0.25) is 47.3 Å². The number of para-hydroxylation sites is 3. The van der Waals surface area contributed by atoms with Crippen LogP contribution in [0, 0.1) is 0 Å². The highest BCUT2D eigenvalue weighted by atomic mass is 16.2. The summed E-state index contributed by atoms with van der Waals surface area (Å²) < 4.78 is 0. The Morgan fingerprint density at radius 3 is 1.01 bits per heavy atom. The summed E-state index contributed by atoms with van der Waals surface area (Å²) in [5, 5.41) is 21.4. The molecule has 0 spiro atoms. The normalized spacial score (nSPS) is 13.7. The molecule has 6 aromatic rings. The first-order chi connectivity index (χ1) is 44.0. The van der Waals surface area contributed by atoms with Gasteiger partial charge in [0, 0.05) is 96.7 Å². The van der Waals surface area contributed by atoms with E-state index in [2.05, 4.69) is 72.1 Å². The molecule has 0 saturated carbocycles. The number of fused-ring (bicyclic) bond motifs is 3. The minimum atomic E-state index is -1.44. The van der Waals surface area contributed by atoms with Gasteiger partial charge >= 0.3 is 0 Å². The van der Waals surface area contributed by atoms with Crippen molar-refractivity contribution < 1.29 is 38.4 Å². The van der Waals surface area contributed by atoms with Crippen molar-refractivity contribution in [3.63, 3.8) is 0 Å². The van der Waals surface area contributed by atoms with Crippen molar-refractivity contribution in [3.8, 4) is 0 Å². The molecule has 92 heavy (non-hydrogen) atoms. The average molecular weight is 1270 g/mol. The molecule has 30 N–H and O–H groups in total. The number of nitrogens with zero attached hydrogens (tertiary/aromatic N) is 4. The summed E-state index contributed by atoms with van der Waals surface area (Å²) >= 11 is 0. The van der Waals surface area contributed by atoms with Crippen LogP contribution in [0.15, 0.2) is 111 Å². The summed E-state index contributed by atoms with van der Waals surface area (Å²) in [7, 11) is 0. The molecule has 0 bridgehead atoms. The quantitative estimate of drug-likeness (QED) is 0.0103. The Bertz CT molecular complexity index is 3630. The Morgan fingerprint density at radius 2 is 0.652 bits per heavy atom. The number of rotatable bonds is 37. The monoisotopic (exact) mass is 1270 g/mol. The van der Waals surface area contributed by atoms with Gasteiger partial charge in [-0.25, -0.2) is 0 Å². The van der Waals surface area contributed by atoms with Crippen LogP contribution in [0.4, 0.5) is 0 Å². The largest absolute Gasteiger partial charge is 0.370 e. The number of aromatic nitrogens is 3. The lowest BCUT2D eigenvalue weighted by Gasteiger charge is -2.27. The molecule has 3 heterocycles. The minimum Gasteiger partial charge on any atom is -0.370 e. The van der Waals surface area contributed by atoms with Gasteiger partial charge in [-0.3, -0.25) is 58.3 Å². The maximum atomic E-state index is 15.1. The number of aliphatic imine (C=N–C) groups is 4. The Morgan fingerprint density at radius 1 is 0.370 bits per heavy atom. The molecule has 494 valence electrons. The second-order valence-corrected chi connectivity index (χ2v) is 22.1. The number of benzene rings is 3. The lowest BCUT2D eigenvalue weighted by Crippen LogP contribution is -2.60. The van der Waals surface area contributed by atoms with Crippen molar-refractivity contribution in [2.45, 2.75) is 126 Å². The van der Waals surface area contributed by atoms with E-state index in [1.54, 1.807) is 24.7 Å². The fourth-order valence-electron chi connectivity index (χ4n) is 10.2. The molecule has 0 saturated heterocycles. The topological polar surface area (TPSA) is 578 Å². The third-order valence-electron chi connectivity index (χ3n) is 15.0. The second kappa shape index (κ2) is 34.7. The van der Waals surface area contributed by atoms with E-state index in [1.165, 1.54) is 6.92 Å². The molecule has 8 amide bonds. The molecule has 0 radical (unpaired) electrons. The van der Waals surface area contributed by atoms with Crippen molar-refractivity contribution in [1.29, 1.82) is 0 Å². The van der Waals surface area contributed by atoms with Crippen LogP contribution >= 0.6 is 0 Å². The van der Waals surface area contributed by atoms with E-state index in [1.807, 2.05) is 66.7 Å². The van der Waals surface area contributed by atoms with Crippen molar-refractivity contribution >= 4 is 104 Å². The van der Waals surface area contributed by atoms with E-state index >= 15 is 4.79 Å². The SMILES string of the molecule is C[C@H](NC(=O)[C@H](CCCN=C(N)N)NC(=O)[C@H](CCCN=C(N)N)NC(=O)[C@H](Cc1c[nH]c2ccccc12)NC(=O)[C@H](Cc1c[nH]c2ccccc12)NC(=O)[C@@H](N)CCCN=C(N)N)C(=O)N[C@@H](Cc1c[nH]c2ccccc12)C(=O)N[C@@H](CCCN=C(N)N)C(N)=O. The van der Waals surface area contributed by atoms with Crippen LogP contribution in [0.3, 0.4) is 0 Å². The molecule has 0 aliphatic rings. The zero-order chi connectivity index (χ0) is 66.9. The summed E-state index contributed by atoms with van der Waals surface area (Å²) in [5.74, 6) is -7.17. The first kappa shape index (κ1) is 70.2. The van der Waals surface area contributed by atoms with Crippen molar-refractivity contribution in [1.82, 2.24) is 52.2 Å². The van der Waals surface area contributed by atoms with Crippen LogP contribution in [0.1, 0.15) is 75.0 Å². The van der Waals surface area contributed by atoms with E-state index in [4.69, 9.17) is 57.3 Å². The summed E-state index contributed by atoms with van der Waals surface area (Å²) in [4.78, 5) is 139. The number of primary amides is 1. The highest BCUT2D eigenvalue weighted by Gasteiger charge is 2.35. The van der Waals surface area contributed by atoms with Crippen LogP contribution in [0.25, 0.3) is 32.7 Å². The van der Waals surface area contributed by atoms with Crippen molar-refractivity contribution in [3.05, 3.63) is 108 Å². The zero-order valence-electron chi connectivity index (χ0n) is 51.2. The van der Waals surface area contributed by atoms with Crippen molar-refractivity contribution in [2.75, 3.05) is 26.2 Å². The molecule has 0 aliphatic heterocycles. The van der Waals surface area contributed by atoms with Gasteiger partial charge in [0.1, 0.15) is 42.3 Å². The lowest BCUT2D eigenvalue weighted by atomic mass is 10.0. The first-order valence-electron chi connectivity index (χ1n) is 30.0. The number of hydrogen-bond acceptors (Lipinski definition) is 13. The molecule has 0 unspecified atom stereocenters. The molecule has 3 aromatic heterocycles. The number of nitrogens with one attached hydrogen (secondary N) is 10. The fraction of sp³-hybridized carbons (Fsp3) is 0.400. The van der Waals surface area contributed by atoms with E-state index in [9.17, 15) is 33.6 Å². The zero-order valence-corrected chi connectivity index (χ0v) is 51.2. The fourth-order valence-corrected chi connectivity index (χ4v) is 10.2. The highest BCUT2D eigenvalue weighted by molar-refractivity contribution is 5.99. The van der Waals surface area contributed by atoms with Crippen LogP contribution in [0.2, 0.25) is 0 Å². The summed E-state index contributed by atoms with van der Waals surface area (Å²) in [6, 6.07) is 11.4. The van der Waals surface area contributed by atoms with Gasteiger partial charge in [-0.1, -0.05) is 54.6 Å². The molecule has 8 atom stereocenters. The molecule has 0 fully saturated rings. The maximum Gasteiger partial charge on any atom is 0.243 e. The Kier molecular flexibility index (Phi) is 26.5. The average Bonchev–Trinajstić information content (AvgIpc) is 1.72. The predicted molar refractivity (Wildman–Crippen MR) is 352 cm³/mol. The van der Waals surface area contributed by atoms with Gasteiger partial charge < -0.3 is 110 Å². The molecule has 3 aromatic carbocycles. The second-order valence-electron chi connectivity index (χ2n) is 22.1. The summed E-state index contributed by atoms with van der Waals surface area (Å²) in [6.07, 6.45) is 5.69. The number of amides is 8. The van der Waals surface area contributed by atoms with Gasteiger partial charge in [0.05, 0.1) is 6.04 Å². The standard InChI is InChI=1S/C60H86N24O8/c1-32(50(86)82-46(26-33-29-75-40-16-5-2-12-36(33)40)54(90)79-43(49(62)85)19-9-23-72-58(65)66)78-52(88)44(20-10-24-73-59(67)68)80-53(89)45(21-11-25-74-60(69)70)81-55(91)48(28-35-31-77-42-18-7-4-14-38(35)42)84-56(92)47(27-34-30-76-41-17-6-3-13-37(34)41)83-51(87)39(61)15-8-22-71-57(63)64/h2-7,12-14,16-18,29-32,39,43-48,75-77H,8-11,15,19-28,61H2,1H3,(H2,62,85)(H,78,88)(H,79,90)(H,80,89)(H,81,91)(H,82,86)(H,83,87)(H,84,92)(H4,63,64,71)(H4,65,66,72)(H4,67,68,73)(H4,69,70,74)/t32-,39-,43-,44-,45-,46-,47-,48-/m0/s1. The van der Waals surface area contributed by atoms with E-state index < -0.39 is 95.6 Å². The number of nitrogens with two attached hydrogens (primary N) is 10. The molecular weight excluding hydrogens is 1180 g/mol. The maximum absolute atomic E-state index is 15.1. The van der Waals surface area contributed by atoms with Crippen LogP contribution < -0.4 is 94.6 Å². The van der Waals surface area contributed by atoms with Gasteiger partial charge in [-0.05, 0) is 93.2 Å². The van der Waals surface area contributed by atoms with Crippen LogP contribution in [-0.2, 0) is 57.6 Å². The summed E-state index contributed by atoms with van der Waals surface area (Å²) in [6.45, 7) is 1.74. The molecule has 0 aliphatic carbocycles. The molecule has 6 rings (SSSR count). The number of aromatic amines is 3. The number of H-pyrrole nitrogens is 3. The highest BCUT2D eigenvalue weighted by Crippen LogP contribution is 2.23. The van der Waals surface area contributed by atoms with Gasteiger partial charge in [-0.2, -0.15) is 0 Å². The number of guanidine groups is 4. The van der Waals surface area contributed by atoms with Crippen LogP contribution in [0.5, 0.6) is 0 Å². The third-order valence-corrected chi connectivity index (χ3v) is 15.0. The van der Waals surface area contributed by atoms with Gasteiger partial charge in [0.25, 0.3) is 0 Å². The van der Waals surface area contributed by atoms with E-state index in [0.717, 1.165) is 32.7 Å². The number of hydrogen-bond donors (Lipinski definition) is 20. The lowest BCUT2D eigenvalue weighted by molar-refractivity contribution is -0.135. The Balaban J connectivity index is 1.27. The molecule has 32 heteroatoms. The minimum absolute atomic E-state index is 0.0140. The third kappa shape index (κ3) is 21.7. The Labute approximate surface area is 529 Å². The first-order valence-corrected chi connectivity index (χ1v) is 30.0. The number of carbonyl (C=O) groups is 8. The van der Waals surface area contributed by atoms with E-state index in [-0.39, 0.29) is 114 Å². The Hall–Kier alpha value is -10.9. The summed E-state index contributed by atoms with van der Waals surface area (Å²) in [5.41, 5.74) is 60.6. The molecule has 32 nitrogen and oxygen atoms in total. The molecular formula is C60H86N24O8. The van der Waals surface area contributed by atoms with Gasteiger partial charge in [0.15, 0.2) is 23.8 Å². The van der Waals surface area contributed by atoms with Gasteiger partial charge in [-0.15, -0.1) is 0 Å². The number of carbonyl (C=O) groups excluding carboxylic acids is 8. The van der Waals surface area contributed by atoms with Crippen LogP contribution in [-0.4, -0.2) is 161 Å². The van der Waals surface area contributed by atoms with Crippen molar-refractivity contribution in [2.24, 2.45) is 77.3 Å².